The quantitative estimate of drug-likeness (QED) is 0.226. The van der Waals surface area contributed by atoms with Crippen LogP contribution in [-0.4, -0.2) is 64.8 Å². The van der Waals surface area contributed by atoms with Crippen LogP contribution in [0.25, 0.3) is 0 Å². The predicted octanol–water partition coefficient (Wildman–Crippen LogP) is 1.08. The van der Waals surface area contributed by atoms with Crippen LogP contribution in [0.3, 0.4) is 0 Å². The molecule has 0 radical (unpaired) electrons. The summed E-state index contributed by atoms with van der Waals surface area (Å²) in [6.07, 6.45) is -1.15. The first kappa shape index (κ1) is 26.9. The normalized spacial score (nSPS) is 15.8. The Bertz CT molecular complexity index is 1210. The van der Waals surface area contributed by atoms with E-state index < -0.39 is 48.6 Å². The molecule has 0 saturated heterocycles. The summed E-state index contributed by atoms with van der Waals surface area (Å²) in [6, 6.07) is 5.90. The molecule has 3 rings (SSSR count). The van der Waals surface area contributed by atoms with Crippen molar-refractivity contribution in [2.75, 3.05) is 30.7 Å². The number of nitrogen functional groups attached to an aromatic ring is 1. The summed E-state index contributed by atoms with van der Waals surface area (Å²) in [5.74, 6) is -2.58. The molecule has 0 bridgehead atoms. The number of phenols is 1. The van der Waals surface area contributed by atoms with Gasteiger partial charge in [0.2, 0.25) is 5.91 Å². The van der Waals surface area contributed by atoms with Gasteiger partial charge >= 0.3 is 5.97 Å². The number of nitrogens with zero attached hydrogens (tertiary/aromatic N) is 1. The fourth-order valence-electron chi connectivity index (χ4n) is 3.38. The Hall–Kier alpha value is -3.74. The number of aliphatic carboxylic acids is 1. The number of hydrogen-bond acceptors (Lipinski definition) is 9. The molecule has 0 saturated carbocycles. The second-order valence-electron chi connectivity index (χ2n) is 7.92. The summed E-state index contributed by atoms with van der Waals surface area (Å²) in [7, 11) is 0. The van der Waals surface area contributed by atoms with E-state index in [0.29, 0.717) is 18.2 Å². The smallest absolute Gasteiger partial charge is 0.305 e. The third-order valence-electron chi connectivity index (χ3n) is 5.00. The third-order valence-corrected chi connectivity index (χ3v) is 5.51. The number of phenolic OH excluding ortho intramolecular Hbond substituents is 1. The van der Waals surface area contributed by atoms with E-state index in [-0.39, 0.29) is 33.4 Å². The van der Waals surface area contributed by atoms with Crippen LogP contribution < -0.4 is 27.0 Å². The number of carboxylic acids is 1. The number of rotatable bonds is 8. The summed E-state index contributed by atoms with van der Waals surface area (Å²) in [5.41, 5.74) is 6.81. The maximum atomic E-state index is 12.6. The Morgan fingerprint density at radius 2 is 1.94 bits per heavy atom. The second kappa shape index (κ2) is 11.8. The number of guanidine groups is 1. The van der Waals surface area contributed by atoms with E-state index in [2.05, 4.69) is 26.3 Å². The third kappa shape index (κ3) is 7.38. The van der Waals surface area contributed by atoms with Crippen LogP contribution in [0.15, 0.2) is 35.3 Å². The van der Waals surface area contributed by atoms with Crippen molar-refractivity contribution < 1.29 is 29.7 Å². The first-order chi connectivity index (χ1) is 17.0. The monoisotopic (exact) mass is 538 g/mol. The lowest BCUT2D eigenvalue weighted by molar-refractivity contribution is -0.137. The molecule has 1 heterocycles. The van der Waals surface area contributed by atoms with Crippen LogP contribution in [0.4, 0.5) is 11.4 Å². The molecule has 0 aliphatic carbocycles. The van der Waals surface area contributed by atoms with Crippen LogP contribution in [0.1, 0.15) is 28.4 Å². The van der Waals surface area contributed by atoms with Crippen molar-refractivity contribution in [1.29, 1.82) is 0 Å². The molecule has 12 nitrogen and oxygen atoms in total. The zero-order valence-electron chi connectivity index (χ0n) is 18.7. The minimum absolute atomic E-state index is 0.0212. The molecule has 2 amide bonds. The molecule has 2 aromatic carbocycles. The van der Waals surface area contributed by atoms with Crippen molar-refractivity contribution in [2.45, 2.75) is 18.6 Å². The number of aromatic hydroxyl groups is 1. The zero-order chi connectivity index (χ0) is 26.4. The van der Waals surface area contributed by atoms with Crippen LogP contribution in [0.2, 0.25) is 10.0 Å². The maximum absolute atomic E-state index is 12.6. The van der Waals surface area contributed by atoms with Gasteiger partial charge in [0.15, 0.2) is 5.96 Å². The van der Waals surface area contributed by atoms with Gasteiger partial charge in [-0.25, -0.2) is 0 Å². The van der Waals surface area contributed by atoms with Crippen LogP contribution in [-0.2, 0) is 9.59 Å². The maximum Gasteiger partial charge on any atom is 0.305 e. The van der Waals surface area contributed by atoms with E-state index in [1.165, 1.54) is 24.3 Å². The van der Waals surface area contributed by atoms with E-state index in [0.717, 1.165) is 0 Å². The Kier molecular flexibility index (Phi) is 8.80. The van der Waals surface area contributed by atoms with E-state index in [9.17, 15) is 29.7 Å². The number of β-amino-alcohol motifs (C(OH)–C–C–N with tert-alkyl or cyclic N) is 1. The number of carbonyl (C=O) groups excluding carboxylic acids is 2. The summed E-state index contributed by atoms with van der Waals surface area (Å²) >= 11 is 11.9. The number of halogens is 2. The number of nitrogens with two attached hydrogens (primary N) is 1. The number of nitrogens with one attached hydrogen (secondary N) is 4. The lowest BCUT2D eigenvalue weighted by Crippen LogP contribution is -2.42. The molecule has 0 fully saturated rings. The Labute approximate surface area is 215 Å². The fourth-order valence-corrected chi connectivity index (χ4v) is 3.89. The van der Waals surface area contributed by atoms with Crippen molar-refractivity contribution in [3.63, 3.8) is 0 Å². The van der Waals surface area contributed by atoms with Crippen molar-refractivity contribution in [2.24, 2.45) is 4.99 Å². The number of hydrogen-bond donors (Lipinski definition) is 8. The minimum atomic E-state index is -1.24. The van der Waals surface area contributed by atoms with Crippen LogP contribution in [0.5, 0.6) is 5.75 Å². The van der Waals surface area contributed by atoms with Gasteiger partial charge in [0.1, 0.15) is 5.75 Å². The molecule has 0 aromatic heterocycles. The van der Waals surface area contributed by atoms with Gasteiger partial charge in [-0.05, 0) is 30.3 Å². The molecule has 2 atom stereocenters. The molecule has 1 aliphatic rings. The molecular weight excluding hydrogens is 515 g/mol. The number of carboxylic acid groups (broad SMARTS) is 1. The van der Waals surface area contributed by atoms with Gasteiger partial charge in [0.25, 0.3) is 5.91 Å². The SMILES string of the molecule is Nc1cc(NC2=NCC(O)CN2)cc(C(=O)NCC(=O)N[C@@H](CC(=O)O)c2cc(Cl)cc(Cl)c2O)c1. The summed E-state index contributed by atoms with van der Waals surface area (Å²) in [4.78, 5) is 40.6. The van der Waals surface area contributed by atoms with Gasteiger partial charge in [-0.15, -0.1) is 0 Å². The molecule has 2 aromatic rings. The van der Waals surface area contributed by atoms with Gasteiger partial charge in [-0.1, -0.05) is 23.2 Å². The van der Waals surface area contributed by atoms with Crippen LogP contribution in [0, 0.1) is 0 Å². The number of carbonyl (C=O) groups is 3. The Morgan fingerprint density at radius 1 is 1.19 bits per heavy atom. The highest BCUT2D eigenvalue weighted by atomic mass is 35.5. The Morgan fingerprint density at radius 3 is 2.61 bits per heavy atom. The predicted molar refractivity (Wildman–Crippen MR) is 134 cm³/mol. The Balaban J connectivity index is 1.66. The van der Waals surface area contributed by atoms with Gasteiger partial charge in [-0.3, -0.25) is 19.4 Å². The topological polar surface area (TPSA) is 198 Å². The number of benzene rings is 2. The highest BCUT2D eigenvalue weighted by Gasteiger charge is 2.23. The standard InChI is InChI=1S/C22H24Cl2N6O6/c23-11-3-15(20(35)16(24)4-11)17(6-19(33)34)30-18(32)9-26-21(36)10-1-12(25)5-13(2-10)29-22-27-7-14(31)8-28-22/h1-5,14,17,31,35H,6-9,25H2,(H,26,36)(H,30,32)(H,33,34)(H2,27,28,29)/t17-/m0/s1. The molecule has 36 heavy (non-hydrogen) atoms. The number of aliphatic imine (C=N–C) groups is 1. The number of aliphatic hydroxyl groups is 1. The van der Waals surface area contributed by atoms with Crippen molar-refractivity contribution in [3.05, 3.63) is 51.5 Å². The highest BCUT2D eigenvalue weighted by Crippen LogP contribution is 2.36. The van der Waals surface area contributed by atoms with Gasteiger partial charge in [-0.2, -0.15) is 0 Å². The fraction of sp³-hybridized carbons (Fsp3) is 0.273. The lowest BCUT2D eigenvalue weighted by Gasteiger charge is -2.20. The van der Waals surface area contributed by atoms with E-state index >= 15 is 0 Å². The summed E-state index contributed by atoms with van der Waals surface area (Å²) in [6.45, 7) is 0.0501. The van der Waals surface area contributed by atoms with Gasteiger partial charge < -0.3 is 42.3 Å². The van der Waals surface area contributed by atoms with Crippen LogP contribution >= 0.6 is 23.2 Å². The van der Waals surface area contributed by atoms with Gasteiger partial charge in [0.05, 0.1) is 36.7 Å². The average Bonchev–Trinajstić information content (AvgIpc) is 2.80. The van der Waals surface area contributed by atoms with Crippen molar-refractivity contribution >= 4 is 58.3 Å². The molecule has 1 aliphatic heterocycles. The van der Waals surface area contributed by atoms with E-state index in [1.54, 1.807) is 6.07 Å². The number of amides is 2. The lowest BCUT2D eigenvalue weighted by atomic mass is 10.0. The highest BCUT2D eigenvalue weighted by molar-refractivity contribution is 6.35. The van der Waals surface area contributed by atoms with Crippen molar-refractivity contribution in [1.82, 2.24) is 16.0 Å². The number of anilines is 2. The molecule has 1 unspecified atom stereocenters. The molecule has 9 N–H and O–H groups in total. The average molecular weight is 539 g/mol. The second-order valence-corrected chi connectivity index (χ2v) is 8.76. The molecule has 0 spiro atoms. The van der Waals surface area contributed by atoms with E-state index in [4.69, 9.17) is 28.9 Å². The molecular formula is C22H24Cl2N6O6. The molecule has 192 valence electrons. The zero-order valence-corrected chi connectivity index (χ0v) is 20.2. The van der Waals surface area contributed by atoms with Gasteiger partial charge in [0, 0.05) is 34.1 Å². The summed E-state index contributed by atoms with van der Waals surface area (Å²) in [5, 5.41) is 39.7. The molecule has 14 heteroatoms. The first-order valence-electron chi connectivity index (χ1n) is 10.6. The first-order valence-corrected chi connectivity index (χ1v) is 11.4. The summed E-state index contributed by atoms with van der Waals surface area (Å²) < 4.78 is 0. The number of aliphatic hydroxyl groups excluding tert-OH is 1. The minimum Gasteiger partial charge on any atom is -0.506 e. The largest absolute Gasteiger partial charge is 0.506 e. The van der Waals surface area contributed by atoms with E-state index in [1.807, 2.05) is 0 Å². The van der Waals surface area contributed by atoms with Crippen molar-refractivity contribution in [3.8, 4) is 5.75 Å².